The molecule has 1 aromatic carbocycles. The number of carbonyl (C=O) groups excluding carboxylic acids is 2. The lowest BCUT2D eigenvalue weighted by Crippen LogP contribution is -2.46. The minimum absolute atomic E-state index is 0. The summed E-state index contributed by atoms with van der Waals surface area (Å²) >= 11 is 1.41. The fourth-order valence-electron chi connectivity index (χ4n) is 3.35. The van der Waals surface area contributed by atoms with Crippen LogP contribution in [0.25, 0.3) is 10.4 Å². The third kappa shape index (κ3) is 5.10. The third-order valence-corrected chi connectivity index (χ3v) is 6.03. The Kier molecular flexibility index (Phi) is 7.98. The van der Waals surface area contributed by atoms with Crippen molar-refractivity contribution in [2.45, 2.75) is 19.8 Å². The lowest BCUT2D eigenvalue weighted by atomic mass is 9.97. The number of halogens is 2. The summed E-state index contributed by atoms with van der Waals surface area (Å²) in [7, 11) is 0. The van der Waals surface area contributed by atoms with E-state index < -0.39 is 0 Å². The predicted octanol–water partition coefficient (Wildman–Crippen LogP) is 3.21. The number of rotatable bonds is 5. The molecule has 1 aliphatic heterocycles. The molecular weight excluding hydrogens is 401 g/mol. The molecule has 0 aliphatic carbocycles. The van der Waals surface area contributed by atoms with Crippen LogP contribution in [-0.4, -0.2) is 42.9 Å². The number of nitrogens with one attached hydrogen (secondary N) is 1. The van der Waals surface area contributed by atoms with Crippen LogP contribution in [0.15, 0.2) is 30.3 Å². The molecule has 1 fully saturated rings. The number of hydrogen-bond acceptors (Lipinski definition) is 4. The predicted molar refractivity (Wildman–Crippen MR) is 112 cm³/mol. The highest BCUT2D eigenvalue weighted by molar-refractivity contribution is 7.17. The van der Waals surface area contributed by atoms with Gasteiger partial charge in [0.05, 0.1) is 10.8 Å². The molecule has 0 spiro atoms. The molecule has 1 atom stereocenters. The summed E-state index contributed by atoms with van der Waals surface area (Å²) in [6.07, 6.45) is 1.59. The van der Waals surface area contributed by atoms with Crippen molar-refractivity contribution in [1.29, 1.82) is 0 Å². The zero-order valence-corrected chi connectivity index (χ0v) is 17.4. The molecule has 8 heteroatoms. The van der Waals surface area contributed by atoms with E-state index in [2.05, 4.69) is 5.32 Å². The lowest BCUT2D eigenvalue weighted by Gasteiger charge is -2.31. The molecule has 0 radical (unpaired) electrons. The minimum Gasteiger partial charge on any atom is -0.355 e. The number of nitrogens with two attached hydrogens (primary N) is 1. The second-order valence-electron chi connectivity index (χ2n) is 6.80. The first-order valence-corrected chi connectivity index (χ1v) is 9.94. The van der Waals surface area contributed by atoms with Crippen LogP contribution in [0.2, 0.25) is 0 Å². The molecule has 3 N–H and O–H groups in total. The first-order chi connectivity index (χ1) is 13.0. The highest BCUT2D eigenvalue weighted by atomic mass is 35.5. The fourth-order valence-corrected chi connectivity index (χ4v) is 4.49. The molecule has 1 saturated heterocycles. The maximum Gasteiger partial charge on any atom is 0.263 e. The Morgan fingerprint density at radius 3 is 2.71 bits per heavy atom. The number of carbonyl (C=O) groups is 2. The van der Waals surface area contributed by atoms with Crippen LogP contribution in [-0.2, 0) is 4.79 Å². The number of hydrogen-bond donors (Lipinski definition) is 2. The van der Waals surface area contributed by atoms with E-state index in [-0.39, 0.29) is 36.0 Å². The average molecular weight is 426 g/mol. The number of piperidine rings is 1. The largest absolute Gasteiger partial charge is 0.355 e. The van der Waals surface area contributed by atoms with Crippen LogP contribution < -0.4 is 11.1 Å². The van der Waals surface area contributed by atoms with E-state index in [9.17, 15) is 14.0 Å². The molecule has 152 valence electrons. The number of nitrogens with zero attached hydrogens (tertiary/aromatic N) is 1. The van der Waals surface area contributed by atoms with Gasteiger partial charge < -0.3 is 16.0 Å². The monoisotopic (exact) mass is 425 g/mol. The summed E-state index contributed by atoms with van der Waals surface area (Å²) in [6.45, 7) is 3.89. The SMILES string of the molecule is Cc1cc(C(=O)N2CCCC(C(=O)NCCN)C2)sc1-c1ccc(F)cc1.Cl. The highest BCUT2D eigenvalue weighted by Gasteiger charge is 2.29. The summed E-state index contributed by atoms with van der Waals surface area (Å²) in [4.78, 5) is 28.5. The van der Waals surface area contributed by atoms with Crippen molar-refractivity contribution in [2.24, 2.45) is 11.7 Å². The van der Waals surface area contributed by atoms with Crippen molar-refractivity contribution in [2.75, 3.05) is 26.2 Å². The maximum absolute atomic E-state index is 13.2. The van der Waals surface area contributed by atoms with Crippen LogP contribution in [0.3, 0.4) is 0 Å². The Bertz CT molecular complexity index is 825. The van der Waals surface area contributed by atoms with E-state index in [1.807, 2.05) is 13.0 Å². The smallest absolute Gasteiger partial charge is 0.263 e. The fraction of sp³-hybridized carbons (Fsp3) is 0.400. The number of likely N-dealkylation sites (tertiary alicyclic amines) is 1. The van der Waals surface area contributed by atoms with E-state index in [4.69, 9.17) is 5.73 Å². The zero-order chi connectivity index (χ0) is 19.4. The highest BCUT2D eigenvalue weighted by Crippen LogP contribution is 2.33. The molecule has 1 aliphatic rings. The number of thiophene rings is 1. The van der Waals surface area contributed by atoms with Gasteiger partial charge in [-0.3, -0.25) is 9.59 Å². The molecule has 1 unspecified atom stereocenters. The molecule has 0 saturated carbocycles. The van der Waals surface area contributed by atoms with Gasteiger partial charge in [-0.2, -0.15) is 0 Å². The van der Waals surface area contributed by atoms with Crippen LogP contribution in [0.5, 0.6) is 0 Å². The second kappa shape index (κ2) is 10.0. The summed E-state index contributed by atoms with van der Waals surface area (Å²) in [5, 5.41) is 2.81. The zero-order valence-electron chi connectivity index (χ0n) is 15.7. The summed E-state index contributed by atoms with van der Waals surface area (Å²) in [5.74, 6) is -0.552. The van der Waals surface area contributed by atoms with Crippen molar-refractivity contribution in [3.8, 4) is 10.4 Å². The average Bonchev–Trinajstić information content (AvgIpc) is 3.08. The van der Waals surface area contributed by atoms with Crippen molar-refractivity contribution < 1.29 is 14.0 Å². The molecule has 5 nitrogen and oxygen atoms in total. The van der Waals surface area contributed by atoms with Gasteiger partial charge in [0.15, 0.2) is 0 Å². The number of amides is 2. The van der Waals surface area contributed by atoms with Gasteiger partial charge in [-0.1, -0.05) is 12.1 Å². The summed E-state index contributed by atoms with van der Waals surface area (Å²) in [5.41, 5.74) is 7.32. The Labute approximate surface area is 174 Å². The van der Waals surface area contributed by atoms with Gasteiger partial charge in [-0.25, -0.2) is 4.39 Å². The van der Waals surface area contributed by atoms with Crippen molar-refractivity contribution in [3.05, 3.63) is 46.6 Å². The van der Waals surface area contributed by atoms with Crippen LogP contribution in [0.1, 0.15) is 28.1 Å². The quantitative estimate of drug-likeness (QED) is 0.772. The first kappa shape index (κ1) is 22.3. The molecule has 0 bridgehead atoms. The molecule has 3 rings (SSSR count). The van der Waals surface area contributed by atoms with Crippen molar-refractivity contribution in [1.82, 2.24) is 10.2 Å². The van der Waals surface area contributed by atoms with Gasteiger partial charge in [0.1, 0.15) is 5.82 Å². The topological polar surface area (TPSA) is 75.4 Å². The lowest BCUT2D eigenvalue weighted by molar-refractivity contribution is -0.126. The van der Waals surface area contributed by atoms with Crippen molar-refractivity contribution in [3.63, 3.8) is 0 Å². The minimum atomic E-state index is -0.281. The van der Waals surface area contributed by atoms with Crippen LogP contribution in [0.4, 0.5) is 4.39 Å². The maximum atomic E-state index is 13.2. The van der Waals surface area contributed by atoms with E-state index in [0.29, 0.717) is 31.1 Å². The van der Waals surface area contributed by atoms with Gasteiger partial charge in [-0.05, 0) is 49.1 Å². The summed E-state index contributed by atoms with van der Waals surface area (Å²) < 4.78 is 13.2. The summed E-state index contributed by atoms with van der Waals surface area (Å²) in [6, 6.07) is 8.17. The van der Waals surface area contributed by atoms with Gasteiger partial charge in [0.2, 0.25) is 5.91 Å². The molecule has 2 amide bonds. The van der Waals surface area contributed by atoms with E-state index in [0.717, 1.165) is 28.8 Å². The van der Waals surface area contributed by atoms with E-state index >= 15 is 0 Å². The molecule has 1 aromatic heterocycles. The van der Waals surface area contributed by atoms with Gasteiger partial charge in [0, 0.05) is 31.1 Å². The Hall–Kier alpha value is -1.96. The van der Waals surface area contributed by atoms with Crippen LogP contribution in [0, 0.1) is 18.7 Å². The van der Waals surface area contributed by atoms with Gasteiger partial charge >= 0.3 is 0 Å². The number of benzene rings is 1. The Morgan fingerprint density at radius 1 is 1.32 bits per heavy atom. The second-order valence-corrected chi connectivity index (χ2v) is 7.85. The van der Waals surface area contributed by atoms with E-state index in [1.165, 1.54) is 23.5 Å². The Morgan fingerprint density at radius 2 is 2.04 bits per heavy atom. The third-order valence-electron chi connectivity index (χ3n) is 4.76. The first-order valence-electron chi connectivity index (χ1n) is 9.13. The molecule has 28 heavy (non-hydrogen) atoms. The van der Waals surface area contributed by atoms with Gasteiger partial charge in [0.25, 0.3) is 5.91 Å². The molecule has 2 aromatic rings. The molecule has 2 heterocycles. The van der Waals surface area contributed by atoms with Gasteiger partial charge in [-0.15, -0.1) is 23.7 Å². The normalized spacial score (nSPS) is 16.4. The van der Waals surface area contributed by atoms with Crippen LogP contribution >= 0.6 is 23.7 Å². The molecular formula is C20H25ClFN3O2S. The van der Waals surface area contributed by atoms with Crippen molar-refractivity contribution >= 4 is 35.6 Å². The van der Waals surface area contributed by atoms with E-state index in [1.54, 1.807) is 17.0 Å². The standard InChI is InChI=1S/C20H24FN3O2S.ClH/c1-13-11-17(27-18(13)14-4-6-16(21)7-5-14)20(26)24-10-2-3-15(12-24)19(25)23-9-8-22;/h4-7,11,15H,2-3,8-10,12,22H2,1H3,(H,23,25);1H. The Balaban J connectivity index is 0.00000280. The number of aryl methyl sites for hydroxylation is 1.